The molecule has 26 heavy (non-hydrogen) atoms. The molecule has 0 saturated carbocycles. The molecule has 1 heterocycles. The Hall–Kier alpha value is -2.77. The number of carbonyl (C=O) groups is 2. The van der Waals surface area contributed by atoms with Crippen molar-refractivity contribution < 1.29 is 14.3 Å². The average Bonchev–Trinajstić information content (AvgIpc) is 3.06. The number of hydrogen-bond acceptors (Lipinski definition) is 4. The molecule has 1 aromatic rings. The molecule has 1 aromatic carbocycles. The molecular weight excluding hydrogens is 334 g/mol. The van der Waals surface area contributed by atoms with Crippen LogP contribution in [0, 0.1) is 5.41 Å². The molecule has 0 unspecified atom stereocenters. The Balaban J connectivity index is 1.82. The molecule has 1 aliphatic heterocycles. The second-order valence-corrected chi connectivity index (χ2v) is 7.15. The van der Waals surface area contributed by atoms with Crippen LogP contribution >= 0.6 is 0 Å². The highest BCUT2D eigenvalue weighted by Gasteiger charge is 2.17. The van der Waals surface area contributed by atoms with Crippen molar-refractivity contribution in [2.75, 3.05) is 30.3 Å². The van der Waals surface area contributed by atoms with Gasteiger partial charge in [-0.25, -0.2) is 4.79 Å². The number of alkyl carbamates (subject to hydrolysis) is 1. The number of anilines is 2. The van der Waals surface area contributed by atoms with Gasteiger partial charge in [0.15, 0.2) is 5.96 Å². The van der Waals surface area contributed by atoms with Gasteiger partial charge in [-0.1, -0.05) is 6.07 Å². The highest BCUT2D eigenvalue weighted by molar-refractivity contribution is 5.96. The number of nitrogens with one attached hydrogen (secondary N) is 4. The molecule has 8 nitrogen and oxygen atoms in total. The SMILES string of the molecule is CC(C)(C)OC(=O)NCC(=O)Nc1cccc(NC(=N)N2CCCC2)c1. The number of hydrogen-bond donors (Lipinski definition) is 4. The highest BCUT2D eigenvalue weighted by Crippen LogP contribution is 2.16. The molecule has 1 aliphatic rings. The maximum atomic E-state index is 12.0. The maximum Gasteiger partial charge on any atom is 0.408 e. The molecule has 8 heteroatoms. The van der Waals surface area contributed by atoms with Crippen LogP contribution in [0.25, 0.3) is 0 Å². The minimum Gasteiger partial charge on any atom is -0.444 e. The van der Waals surface area contributed by atoms with E-state index in [9.17, 15) is 9.59 Å². The normalized spacial score (nSPS) is 13.9. The van der Waals surface area contributed by atoms with E-state index in [-0.39, 0.29) is 12.5 Å². The van der Waals surface area contributed by atoms with Gasteiger partial charge in [-0.2, -0.15) is 0 Å². The number of benzene rings is 1. The van der Waals surface area contributed by atoms with Gasteiger partial charge in [0.25, 0.3) is 0 Å². The molecule has 1 saturated heterocycles. The van der Waals surface area contributed by atoms with E-state index in [1.165, 1.54) is 0 Å². The fourth-order valence-electron chi connectivity index (χ4n) is 2.50. The third-order valence-electron chi connectivity index (χ3n) is 3.62. The van der Waals surface area contributed by atoms with E-state index in [1.54, 1.807) is 39.0 Å². The maximum absolute atomic E-state index is 12.0. The minimum atomic E-state index is -0.637. The first-order valence-corrected chi connectivity index (χ1v) is 8.70. The van der Waals surface area contributed by atoms with E-state index in [2.05, 4.69) is 16.0 Å². The molecule has 0 bridgehead atoms. The van der Waals surface area contributed by atoms with Crippen molar-refractivity contribution >= 4 is 29.3 Å². The molecule has 0 aromatic heterocycles. The molecule has 0 aliphatic carbocycles. The lowest BCUT2D eigenvalue weighted by Crippen LogP contribution is -2.37. The number of guanidine groups is 1. The Kier molecular flexibility index (Phi) is 6.43. The fraction of sp³-hybridized carbons (Fsp3) is 0.500. The van der Waals surface area contributed by atoms with Crippen molar-refractivity contribution in [2.45, 2.75) is 39.2 Å². The topological polar surface area (TPSA) is 107 Å². The van der Waals surface area contributed by atoms with Crippen LogP contribution in [-0.4, -0.2) is 48.1 Å². The summed E-state index contributed by atoms with van der Waals surface area (Å²) >= 11 is 0. The van der Waals surface area contributed by atoms with E-state index in [1.807, 2.05) is 11.0 Å². The Morgan fingerprint density at radius 3 is 2.38 bits per heavy atom. The number of ether oxygens (including phenoxy) is 1. The third-order valence-corrected chi connectivity index (χ3v) is 3.62. The lowest BCUT2D eigenvalue weighted by molar-refractivity contribution is -0.115. The van der Waals surface area contributed by atoms with Gasteiger partial charge in [-0.3, -0.25) is 10.2 Å². The van der Waals surface area contributed by atoms with Crippen LogP contribution in [0.5, 0.6) is 0 Å². The first-order valence-electron chi connectivity index (χ1n) is 8.70. The summed E-state index contributed by atoms with van der Waals surface area (Å²) in [4.78, 5) is 25.5. The van der Waals surface area contributed by atoms with Crippen LogP contribution in [-0.2, 0) is 9.53 Å². The summed E-state index contributed by atoms with van der Waals surface area (Å²) < 4.78 is 5.08. The number of amides is 2. The van der Waals surface area contributed by atoms with Crippen molar-refractivity contribution in [2.24, 2.45) is 0 Å². The van der Waals surface area contributed by atoms with Gasteiger partial charge in [-0.15, -0.1) is 0 Å². The zero-order valence-corrected chi connectivity index (χ0v) is 15.5. The zero-order chi connectivity index (χ0) is 19.2. The van der Waals surface area contributed by atoms with Crippen molar-refractivity contribution in [3.05, 3.63) is 24.3 Å². The quantitative estimate of drug-likeness (QED) is 0.487. The summed E-state index contributed by atoms with van der Waals surface area (Å²) in [6, 6.07) is 7.11. The summed E-state index contributed by atoms with van der Waals surface area (Å²) in [5, 5.41) is 16.3. The molecule has 4 N–H and O–H groups in total. The van der Waals surface area contributed by atoms with Crippen LogP contribution in [0.15, 0.2) is 24.3 Å². The Morgan fingerprint density at radius 1 is 1.15 bits per heavy atom. The molecular formula is C18H27N5O3. The predicted octanol–water partition coefficient (Wildman–Crippen LogP) is 2.59. The van der Waals surface area contributed by atoms with Gasteiger partial charge in [-0.05, 0) is 51.8 Å². The molecule has 0 spiro atoms. The first-order chi connectivity index (χ1) is 12.2. The van der Waals surface area contributed by atoms with E-state index >= 15 is 0 Å². The average molecular weight is 361 g/mol. The number of nitrogens with zero attached hydrogens (tertiary/aromatic N) is 1. The molecule has 2 rings (SSSR count). The summed E-state index contributed by atoms with van der Waals surface area (Å²) in [6.07, 6.45) is 1.57. The van der Waals surface area contributed by atoms with E-state index in [4.69, 9.17) is 10.1 Å². The van der Waals surface area contributed by atoms with Crippen LogP contribution in [0.3, 0.4) is 0 Å². The van der Waals surface area contributed by atoms with Crippen LogP contribution in [0.4, 0.5) is 16.2 Å². The van der Waals surface area contributed by atoms with Crippen LogP contribution < -0.4 is 16.0 Å². The summed E-state index contributed by atoms with van der Waals surface area (Å²) in [5.41, 5.74) is 0.695. The van der Waals surface area contributed by atoms with E-state index < -0.39 is 11.7 Å². The summed E-state index contributed by atoms with van der Waals surface area (Å²) in [5.74, 6) is 0.000183. The molecule has 2 amide bonds. The van der Waals surface area contributed by atoms with Gasteiger partial charge in [0.05, 0.1) is 0 Å². The molecule has 1 fully saturated rings. The Morgan fingerprint density at radius 2 is 1.77 bits per heavy atom. The number of carbonyl (C=O) groups excluding carboxylic acids is 2. The molecule has 0 atom stereocenters. The third kappa shape index (κ3) is 6.62. The van der Waals surface area contributed by atoms with Gasteiger partial charge >= 0.3 is 6.09 Å². The smallest absolute Gasteiger partial charge is 0.408 e. The van der Waals surface area contributed by atoms with E-state index in [0.29, 0.717) is 11.6 Å². The van der Waals surface area contributed by atoms with Crippen LogP contribution in [0.2, 0.25) is 0 Å². The summed E-state index contributed by atoms with van der Waals surface area (Å²) in [7, 11) is 0. The van der Waals surface area contributed by atoms with Gasteiger partial charge in [0, 0.05) is 24.5 Å². The number of rotatable bonds is 4. The van der Waals surface area contributed by atoms with Crippen molar-refractivity contribution in [1.82, 2.24) is 10.2 Å². The fourth-order valence-corrected chi connectivity index (χ4v) is 2.50. The van der Waals surface area contributed by atoms with E-state index in [0.717, 1.165) is 31.6 Å². The second kappa shape index (κ2) is 8.55. The largest absolute Gasteiger partial charge is 0.444 e. The monoisotopic (exact) mass is 361 g/mol. The Labute approximate surface area is 153 Å². The van der Waals surface area contributed by atoms with Gasteiger partial charge in [0.1, 0.15) is 12.1 Å². The number of likely N-dealkylation sites (tertiary alicyclic amines) is 1. The second-order valence-electron chi connectivity index (χ2n) is 7.15. The molecule has 142 valence electrons. The lowest BCUT2D eigenvalue weighted by atomic mass is 10.2. The summed E-state index contributed by atoms with van der Waals surface area (Å²) in [6.45, 7) is 6.86. The predicted molar refractivity (Wildman–Crippen MR) is 101 cm³/mol. The molecule has 0 radical (unpaired) electrons. The van der Waals surface area contributed by atoms with Crippen molar-refractivity contribution in [3.63, 3.8) is 0 Å². The zero-order valence-electron chi connectivity index (χ0n) is 15.5. The standard InChI is InChI=1S/C18H27N5O3/c1-18(2,3)26-17(25)20-12-15(24)21-13-7-6-8-14(11-13)22-16(19)23-9-4-5-10-23/h6-8,11H,4-5,9-10,12H2,1-3H3,(H2,19,22)(H,20,25)(H,21,24). The van der Waals surface area contributed by atoms with Crippen LogP contribution in [0.1, 0.15) is 33.6 Å². The highest BCUT2D eigenvalue weighted by atomic mass is 16.6. The van der Waals surface area contributed by atoms with Gasteiger partial charge in [0.2, 0.25) is 5.91 Å². The first kappa shape index (κ1) is 19.6. The van der Waals surface area contributed by atoms with Crippen molar-refractivity contribution in [3.8, 4) is 0 Å². The van der Waals surface area contributed by atoms with Crippen molar-refractivity contribution in [1.29, 1.82) is 5.41 Å². The Bertz CT molecular complexity index is 663. The van der Waals surface area contributed by atoms with Gasteiger partial charge < -0.3 is 25.6 Å². The lowest BCUT2D eigenvalue weighted by Gasteiger charge is -2.20. The minimum absolute atomic E-state index is 0.184.